The van der Waals surface area contributed by atoms with Crippen LogP contribution in [0.1, 0.15) is 16.1 Å². The standard InChI is InChI=1S/C17H16F2N6O/c1-11-6-9-25(24-11)16-5-4-15(22-23-16)20-7-8-21-17(26)12-2-3-13(18)14(19)10-12/h2-6,9-10H,7-8H2,1H3,(H,20,22)(H,21,26). The number of nitrogens with zero attached hydrogens (tertiary/aromatic N) is 4. The van der Waals surface area contributed by atoms with E-state index in [1.165, 1.54) is 6.07 Å². The van der Waals surface area contributed by atoms with E-state index in [9.17, 15) is 13.6 Å². The summed E-state index contributed by atoms with van der Waals surface area (Å²) < 4.78 is 27.6. The molecule has 0 bridgehead atoms. The van der Waals surface area contributed by atoms with Crippen molar-refractivity contribution in [1.82, 2.24) is 25.3 Å². The van der Waals surface area contributed by atoms with E-state index in [1.807, 2.05) is 13.0 Å². The molecule has 9 heteroatoms. The van der Waals surface area contributed by atoms with E-state index in [-0.39, 0.29) is 12.1 Å². The number of aryl methyl sites for hydroxylation is 1. The van der Waals surface area contributed by atoms with Gasteiger partial charge in [0.25, 0.3) is 5.91 Å². The van der Waals surface area contributed by atoms with Gasteiger partial charge in [-0.05, 0) is 43.3 Å². The summed E-state index contributed by atoms with van der Waals surface area (Å²) in [5.74, 6) is -1.40. The fourth-order valence-corrected chi connectivity index (χ4v) is 2.19. The lowest BCUT2D eigenvalue weighted by atomic mass is 10.2. The number of rotatable bonds is 6. The lowest BCUT2D eigenvalue weighted by Crippen LogP contribution is -2.29. The van der Waals surface area contributed by atoms with Crippen molar-refractivity contribution >= 4 is 11.7 Å². The van der Waals surface area contributed by atoms with Crippen LogP contribution >= 0.6 is 0 Å². The number of nitrogens with one attached hydrogen (secondary N) is 2. The van der Waals surface area contributed by atoms with Gasteiger partial charge in [0.05, 0.1) is 5.69 Å². The third kappa shape index (κ3) is 4.18. The molecule has 3 rings (SSSR count). The quantitative estimate of drug-likeness (QED) is 0.659. The molecule has 2 aromatic heterocycles. The number of hydrogen-bond acceptors (Lipinski definition) is 5. The molecule has 0 atom stereocenters. The number of anilines is 1. The highest BCUT2D eigenvalue weighted by molar-refractivity contribution is 5.94. The summed E-state index contributed by atoms with van der Waals surface area (Å²) >= 11 is 0. The number of halogens is 2. The highest BCUT2D eigenvalue weighted by Crippen LogP contribution is 2.09. The van der Waals surface area contributed by atoms with Crippen LogP contribution < -0.4 is 10.6 Å². The number of benzene rings is 1. The van der Waals surface area contributed by atoms with Crippen LogP contribution in [0, 0.1) is 18.6 Å². The third-order valence-corrected chi connectivity index (χ3v) is 3.51. The van der Waals surface area contributed by atoms with Crippen molar-refractivity contribution in [3.05, 3.63) is 65.5 Å². The Morgan fingerprint density at radius 3 is 2.58 bits per heavy atom. The molecular weight excluding hydrogens is 342 g/mol. The number of hydrogen-bond donors (Lipinski definition) is 2. The molecule has 0 radical (unpaired) electrons. The lowest BCUT2D eigenvalue weighted by Gasteiger charge is -2.08. The Balaban J connectivity index is 1.47. The summed E-state index contributed by atoms with van der Waals surface area (Å²) in [6.07, 6.45) is 1.79. The summed E-state index contributed by atoms with van der Waals surface area (Å²) in [5.41, 5.74) is 0.938. The van der Waals surface area contributed by atoms with E-state index < -0.39 is 17.5 Å². The van der Waals surface area contributed by atoms with E-state index >= 15 is 0 Å². The highest BCUT2D eigenvalue weighted by Gasteiger charge is 2.09. The largest absolute Gasteiger partial charge is 0.367 e. The van der Waals surface area contributed by atoms with Crippen LogP contribution in [-0.4, -0.2) is 39.0 Å². The van der Waals surface area contributed by atoms with E-state index in [0.717, 1.165) is 17.8 Å². The minimum atomic E-state index is -1.06. The second-order valence-electron chi connectivity index (χ2n) is 5.49. The second-order valence-corrected chi connectivity index (χ2v) is 5.49. The van der Waals surface area contributed by atoms with Gasteiger partial charge in [-0.3, -0.25) is 4.79 Å². The molecule has 0 saturated carbocycles. The molecule has 0 saturated heterocycles. The van der Waals surface area contributed by atoms with Crippen LogP contribution in [0.4, 0.5) is 14.6 Å². The topological polar surface area (TPSA) is 84.7 Å². The molecule has 0 aliphatic carbocycles. The Bertz CT molecular complexity index is 910. The molecule has 7 nitrogen and oxygen atoms in total. The van der Waals surface area contributed by atoms with Gasteiger partial charge in [0, 0.05) is 24.8 Å². The van der Waals surface area contributed by atoms with Crippen molar-refractivity contribution < 1.29 is 13.6 Å². The molecule has 26 heavy (non-hydrogen) atoms. The number of carbonyl (C=O) groups excluding carboxylic acids is 1. The maximum Gasteiger partial charge on any atom is 0.251 e. The smallest absolute Gasteiger partial charge is 0.251 e. The second kappa shape index (κ2) is 7.68. The first-order valence-corrected chi connectivity index (χ1v) is 7.86. The molecule has 0 fully saturated rings. The summed E-state index contributed by atoms with van der Waals surface area (Å²) in [5, 5.41) is 17.9. The van der Waals surface area contributed by atoms with E-state index in [0.29, 0.717) is 18.2 Å². The van der Waals surface area contributed by atoms with E-state index in [2.05, 4.69) is 25.9 Å². The summed E-state index contributed by atoms with van der Waals surface area (Å²) in [7, 11) is 0. The zero-order chi connectivity index (χ0) is 18.5. The van der Waals surface area contributed by atoms with Crippen LogP contribution in [0.25, 0.3) is 5.82 Å². The first-order chi connectivity index (χ1) is 12.5. The first kappa shape index (κ1) is 17.5. The van der Waals surface area contributed by atoms with Gasteiger partial charge in [-0.15, -0.1) is 10.2 Å². The first-order valence-electron chi connectivity index (χ1n) is 7.86. The number of aromatic nitrogens is 4. The van der Waals surface area contributed by atoms with Gasteiger partial charge in [0.15, 0.2) is 17.5 Å². The van der Waals surface area contributed by atoms with Crippen LogP contribution in [0.3, 0.4) is 0 Å². The van der Waals surface area contributed by atoms with Crippen LogP contribution in [-0.2, 0) is 0 Å². The Morgan fingerprint density at radius 1 is 1.08 bits per heavy atom. The summed E-state index contributed by atoms with van der Waals surface area (Å²) in [6.45, 7) is 2.55. The maximum atomic E-state index is 13.1. The van der Waals surface area contributed by atoms with Gasteiger partial charge >= 0.3 is 0 Å². The summed E-state index contributed by atoms with van der Waals surface area (Å²) in [6, 6.07) is 8.38. The SMILES string of the molecule is Cc1ccn(-c2ccc(NCCNC(=O)c3ccc(F)c(F)c3)nn2)n1. The van der Waals surface area contributed by atoms with Crippen molar-refractivity contribution in [3.63, 3.8) is 0 Å². The van der Waals surface area contributed by atoms with Gasteiger partial charge in [0.2, 0.25) is 0 Å². The predicted octanol–water partition coefficient (Wildman–Crippen LogP) is 2.09. The van der Waals surface area contributed by atoms with Crippen LogP contribution in [0.5, 0.6) is 0 Å². The Labute approximate surface area is 148 Å². The number of carbonyl (C=O) groups is 1. The maximum absolute atomic E-state index is 13.1. The fraction of sp³-hybridized carbons (Fsp3) is 0.176. The Morgan fingerprint density at radius 2 is 1.92 bits per heavy atom. The zero-order valence-corrected chi connectivity index (χ0v) is 13.9. The minimum Gasteiger partial charge on any atom is -0.367 e. The van der Waals surface area contributed by atoms with Crippen molar-refractivity contribution in [3.8, 4) is 5.82 Å². The van der Waals surface area contributed by atoms with Crippen molar-refractivity contribution in [2.24, 2.45) is 0 Å². The monoisotopic (exact) mass is 358 g/mol. The molecule has 0 unspecified atom stereocenters. The third-order valence-electron chi connectivity index (χ3n) is 3.51. The van der Waals surface area contributed by atoms with Gasteiger partial charge in [-0.2, -0.15) is 5.10 Å². The molecule has 2 heterocycles. The van der Waals surface area contributed by atoms with Crippen molar-refractivity contribution in [2.75, 3.05) is 18.4 Å². The molecule has 0 aliphatic rings. The molecule has 1 aromatic carbocycles. The molecular formula is C17H16F2N6O. The average Bonchev–Trinajstić information content (AvgIpc) is 3.08. The normalized spacial score (nSPS) is 10.6. The van der Waals surface area contributed by atoms with Gasteiger partial charge in [-0.1, -0.05) is 0 Å². The molecule has 3 aromatic rings. The Kier molecular flexibility index (Phi) is 5.16. The number of amides is 1. The highest BCUT2D eigenvalue weighted by atomic mass is 19.2. The fourth-order valence-electron chi connectivity index (χ4n) is 2.19. The molecule has 0 spiro atoms. The van der Waals surface area contributed by atoms with Crippen LogP contribution in [0.2, 0.25) is 0 Å². The van der Waals surface area contributed by atoms with Crippen molar-refractivity contribution in [2.45, 2.75) is 6.92 Å². The summed E-state index contributed by atoms with van der Waals surface area (Å²) in [4.78, 5) is 11.9. The lowest BCUT2D eigenvalue weighted by molar-refractivity contribution is 0.0954. The van der Waals surface area contributed by atoms with Crippen LogP contribution in [0.15, 0.2) is 42.6 Å². The molecule has 134 valence electrons. The predicted molar refractivity (Wildman–Crippen MR) is 91.1 cm³/mol. The van der Waals surface area contributed by atoms with E-state index in [4.69, 9.17) is 0 Å². The minimum absolute atomic E-state index is 0.0579. The Hall–Kier alpha value is -3.36. The van der Waals surface area contributed by atoms with E-state index in [1.54, 1.807) is 23.0 Å². The van der Waals surface area contributed by atoms with Gasteiger partial charge in [-0.25, -0.2) is 13.5 Å². The zero-order valence-electron chi connectivity index (χ0n) is 13.9. The molecule has 0 aliphatic heterocycles. The van der Waals surface area contributed by atoms with Gasteiger partial charge in [0.1, 0.15) is 5.82 Å². The molecule has 1 amide bonds. The van der Waals surface area contributed by atoms with Crippen molar-refractivity contribution in [1.29, 1.82) is 0 Å². The average molecular weight is 358 g/mol. The molecule has 2 N–H and O–H groups in total. The van der Waals surface area contributed by atoms with Gasteiger partial charge < -0.3 is 10.6 Å².